The standard InChI is InChI=1S/C14H17ClFNO/c15-11-5-4-6-12(16)10(11)9-13(18)14(17)7-2-1-3-8-14/h4-6H,1-3,7-9,17H2. The van der Waals surface area contributed by atoms with Gasteiger partial charge in [0.1, 0.15) is 5.82 Å². The lowest BCUT2D eigenvalue weighted by molar-refractivity contribution is -0.124. The van der Waals surface area contributed by atoms with Gasteiger partial charge in [0, 0.05) is 17.0 Å². The zero-order chi connectivity index (χ0) is 13.2. The molecule has 2 nitrogen and oxygen atoms in total. The molecule has 0 heterocycles. The van der Waals surface area contributed by atoms with E-state index in [9.17, 15) is 9.18 Å². The van der Waals surface area contributed by atoms with Gasteiger partial charge in [0.05, 0.1) is 5.54 Å². The fourth-order valence-electron chi connectivity index (χ4n) is 2.50. The first kappa shape index (κ1) is 13.5. The molecular weight excluding hydrogens is 253 g/mol. The molecule has 18 heavy (non-hydrogen) atoms. The molecule has 0 saturated heterocycles. The van der Waals surface area contributed by atoms with Crippen LogP contribution < -0.4 is 5.73 Å². The van der Waals surface area contributed by atoms with Gasteiger partial charge in [-0.2, -0.15) is 0 Å². The molecule has 0 radical (unpaired) electrons. The molecule has 0 spiro atoms. The molecule has 4 heteroatoms. The molecule has 2 N–H and O–H groups in total. The second-order valence-electron chi connectivity index (χ2n) is 5.02. The molecule has 1 aromatic rings. The molecule has 98 valence electrons. The van der Waals surface area contributed by atoms with Crippen molar-refractivity contribution in [3.05, 3.63) is 34.6 Å². The SMILES string of the molecule is NC1(C(=O)Cc2c(F)cccc2Cl)CCCCC1. The molecule has 0 aliphatic heterocycles. The van der Waals surface area contributed by atoms with Gasteiger partial charge in [-0.05, 0) is 25.0 Å². The summed E-state index contributed by atoms with van der Waals surface area (Å²) in [5.41, 5.74) is 5.61. The fourth-order valence-corrected chi connectivity index (χ4v) is 2.73. The summed E-state index contributed by atoms with van der Waals surface area (Å²) in [5, 5.41) is 0.294. The van der Waals surface area contributed by atoms with Crippen LogP contribution in [0.1, 0.15) is 37.7 Å². The number of halogens is 2. The molecule has 0 atom stereocenters. The first-order valence-corrected chi connectivity index (χ1v) is 6.66. The molecular formula is C14H17ClFNO. The van der Waals surface area contributed by atoms with Gasteiger partial charge < -0.3 is 5.73 Å². The van der Waals surface area contributed by atoms with E-state index in [0.717, 1.165) is 19.3 Å². The molecule has 1 aromatic carbocycles. The van der Waals surface area contributed by atoms with Crippen LogP contribution in [0.3, 0.4) is 0 Å². The predicted molar refractivity (Wildman–Crippen MR) is 70.1 cm³/mol. The van der Waals surface area contributed by atoms with E-state index in [1.807, 2.05) is 0 Å². The van der Waals surface area contributed by atoms with Crippen LogP contribution in [-0.4, -0.2) is 11.3 Å². The maximum Gasteiger partial charge on any atom is 0.157 e. The Labute approximate surface area is 111 Å². The maximum absolute atomic E-state index is 13.6. The van der Waals surface area contributed by atoms with Crippen LogP contribution in [0.2, 0.25) is 5.02 Å². The number of carbonyl (C=O) groups is 1. The molecule has 1 aliphatic carbocycles. The summed E-state index contributed by atoms with van der Waals surface area (Å²) in [4.78, 5) is 12.2. The third kappa shape index (κ3) is 2.73. The minimum atomic E-state index is -0.788. The Morgan fingerprint density at radius 1 is 1.33 bits per heavy atom. The lowest BCUT2D eigenvalue weighted by atomic mass is 9.78. The van der Waals surface area contributed by atoms with Gasteiger partial charge in [-0.1, -0.05) is 36.9 Å². The summed E-state index contributed by atoms with van der Waals surface area (Å²) in [7, 11) is 0. The summed E-state index contributed by atoms with van der Waals surface area (Å²) in [5.74, 6) is -0.538. The summed E-state index contributed by atoms with van der Waals surface area (Å²) in [6.07, 6.45) is 4.42. The van der Waals surface area contributed by atoms with Crippen molar-refractivity contribution in [3.63, 3.8) is 0 Å². The third-order valence-corrected chi connectivity index (χ3v) is 4.05. The average Bonchev–Trinajstić information content (AvgIpc) is 2.34. The second-order valence-corrected chi connectivity index (χ2v) is 5.42. The van der Waals surface area contributed by atoms with Gasteiger partial charge in [0.15, 0.2) is 5.78 Å². The smallest absolute Gasteiger partial charge is 0.157 e. The van der Waals surface area contributed by atoms with E-state index in [1.165, 1.54) is 12.1 Å². The summed E-state index contributed by atoms with van der Waals surface area (Å²) in [6.45, 7) is 0. The van der Waals surface area contributed by atoms with Crippen LogP contribution in [-0.2, 0) is 11.2 Å². The van der Waals surface area contributed by atoms with E-state index in [1.54, 1.807) is 6.07 Å². The molecule has 0 amide bonds. The zero-order valence-electron chi connectivity index (χ0n) is 10.2. The van der Waals surface area contributed by atoms with E-state index in [-0.39, 0.29) is 17.8 Å². The Morgan fingerprint density at radius 2 is 2.00 bits per heavy atom. The van der Waals surface area contributed by atoms with Gasteiger partial charge in [-0.25, -0.2) is 4.39 Å². The van der Waals surface area contributed by atoms with Crippen molar-refractivity contribution in [1.29, 1.82) is 0 Å². The number of ketones is 1. The highest BCUT2D eigenvalue weighted by Crippen LogP contribution is 2.29. The van der Waals surface area contributed by atoms with Crippen LogP contribution in [0.25, 0.3) is 0 Å². The van der Waals surface area contributed by atoms with Gasteiger partial charge in [0.2, 0.25) is 0 Å². The van der Waals surface area contributed by atoms with Crippen LogP contribution in [0.4, 0.5) is 4.39 Å². The molecule has 0 unspecified atom stereocenters. The Kier molecular flexibility index (Phi) is 4.03. The topological polar surface area (TPSA) is 43.1 Å². The summed E-state index contributed by atoms with van der Waals surface area (Å²) < 4.78 is 13.6. The largest absolute Gasteiger partial charge is 0.319 e. The number of Topliss-reactive ketones (excluding diaryl/α,β-unsaturated/α-hetero) is 1. The van der Waals surface area contributed by atoms with Crippen molar-refractivity contribution >= 4 is 17.4 Å². The zero-order valence-corrected chi connectivity index (χ0v) is 11.0. The average molecular weight is 270 g/mol. The maximum atomic E-state index is 13.6. The normalized spacial score (nSPS) is 18.6. The van der Waals surface area contributed by atoms with Crippen molar-refractivity contribution in [1.82, 2.24) is 0 Å². The number of hydrogen-bond donors (Lipinski definition) is 1. The van der Waals surface area contributed by atoms with E-state index < -0.39 is 11.4 Å². The van der Waals surface area contributed by atoms with Crippen LogP contribution in [0.5, 0.6) is 0 Å². The molecule has 0 bridgehead atoms. The van der Waals surface area contributed by atoms with Crippen LogP contribution in [0, 0.1) is 5.82 Å². The Balaban J connectivity index is 2.16. The van der Waals surface area contributed by atoms with Crippen molar-refractivity contribution in [2.75, 3.05) is 0 Å². The van der Waals surface area contributed by atoms with E-state index >= 15 is 0 Å². The molecule has 1 saturated carbocycles. The number of hydrogen-bond acceptors (Lipinski definition) is 2. The Bertz CT molecular complexity index is 435. The first-order chi connectivity index (χ1) is 8.53. The minimum Gasteiger partial charge on any atom is -0.319 e. The fraction of sp³-hybridized carbons (Fsp3) is 0.500. The van der Waals surface area contributed by atoms with Crippen LogP contribution >= 0.6 is 11.6 Å². The highest BCUT2D eigenvalue weighted by Gasteiger charge is 2.35. The monoisotopic (exact) mass is 269 g/mol. The van der Waals surface area contributed by atoms with Gasteiger partial charge in [-0.3, -0.25) is 4.79 Å². The number of benzene rings is 1. The van der Waals surface area contributed by atoms with Crippen LogP contribution in [0.15, 0.2) is 18.2 Å². The van der Waals surface area contributed by atoms with Gasteiger partial charge in [-0.15, -0.1) is 0 Å². The van der Waals surface area contributed by atoms with Crippen molar-refractivity contribution in [2.24, 2.45) is 5.73 Å². The molecule has 1 aliphatic rings. The molecule has 1 fully saturated rings. The highest BCUT2D eigenvalue weighted by molar-refractivity contribution is 6.31. The summed E-state index contributed by atoms with van der Waals surface area (Å²) in [6, 6.07) is 4.44. The molecule has 0 aromatic heterocycles. The van der Waals surface area contributed by atoms with Crippen molar-refractivity contribution in [2.45, 2.75) is 44.1 Å². The second kappa shape index (κ2) is 5.37. The number of carbonyl (C=O) groups excluding carboxylic acids is 1. The third-order valence-electron chi connectivity index (χ3n) is 3.70. The van der Waals surface area contributed by atoms with E-state index in [0.29, 0.717) is 17.9 Å². The highest BCUT2D eigenvalue weighted by atomic mass is 35.5. The number of rotatable bonds is 3. The molecule has 2 rings (SSSR count). The van der Waals surface area contributed by atoms with Crippen molar-refractivity contribution in [3.8, 4) is 0 Å². The van der Waals surface area contributed by atoms with E-state index in [4.69, 9.17) is 17.3 Å². The lowest BCUT2D eigenvalue weighted by Gasteiger charge is -2.32. The van der Waals surface area contributed by atoms with Crippen molar-refractivity contribution < 1.29 is 9.18 Å². The van der Waals surface area contributed by atoms with Gasteiger partial charge in [0.25, 0.3) is 0 Å². The predicted octanol–water partition coefficient (Wildman–Crippen LogP) is 3.25. The lowest BCUT2D eigenvalue weighted by Crippen LogP contribution is -2.50. The van der Waals surface area contributed by atoms with E-state index in [2.05, 4.69) is 0 Å². The quantitative estimate of drug-likeness (QED) is 0.915. The Hall–Kier alpha value is -0.930. The minimum absolute atomic E-state index is 0.0119. The Morgan fingerprint density at radius 3 is 2.61 bits per heavy atom. The number of nitrogens with two attached hydrogens (primary N) is 1. The summed E-state index contributed by atoms with van der Waals surface area (Å²) >= 11 is 5.92. The first-order valence-electron chi connectivity index (χ1n) is 6.28. The van der Waals surface area contributed by atoms with Gasteiger partial charge >= 0.3 is 0 Å².